The molecule has 9 nitrogen and oxygen atoms in total. The molecule has 190 valence electrons. The minimum absolute atomic E-state index is 0.0296. The summed E-state index contributed by atoms with van der Waals surface area (Å²) in [7, 11) is 3.19. The normalized spacial score (nSPS) is 27.3. The highest BCUT2D eigenvalue weighted by atomic mass is 16.3. The second-order valence-electron chi connectivity index (χ2n) is 9.85. The maximum absolute atomic E-state index is 13.6. The molecule has 4 rings (SSSR count). The molecule has 0 aromatic heterocycles. The number of nitrogens with zero attached hydrogens (tertiary/aromatic N) is 1. The quantitative estimate of drug-likeness (QED) is 0.240. The number of hydrogen-bond acceptors (Lipinski definition) is 8. The summed E-state index contributed by atoms with van der Waals surface area (Å²) in [5.74, 6) is -0.474. The zero-order chi connectivity index (χ0) is 26.5. The van der Waals surface area contributed by atoms with Crippen LogP contribution in [-0.2, 0) is 16.0 Å². The number of amides is 1. The molecule has 1 aromatic rings. The van der Waals surface area contributed by atoms with Crippen molar-refractivity contribution in [2.24, 2.45) is 17.6 Å². The lowest BCUT2D eigenvalue weighted by molar-refractivity contribution is -0.148. The van der Waals surface area contributed by atoms with Gasteiger partial charge in [0.15, 0.2) is 11.4 Å². The SMILES string of the molecule is CCCCC#Cc1ccc(O)c2c1C[C@H]1C[C@@H]3[C@H](N(C)C)C(O)=C(C(N)=O)C(=O)[C@]3(O)C(O)=C1C2=O. The van der Waals surface area contributed by atoms with Crippen LogP contribution < -0.4 is 5.73 Å². The van der Waals surface area contributed by atoms with Crippen LogP contribution in [0.2, 0.25) is 0 Å². The first-order chi connectivity index (χ1) is 17.0. The number of phenols is 1. The van der Waals surface area contributed by atoms with Crippen LogP contribution in [0, 0.1) is 23.7 Å². The molecule has 1 aromatic carbocycles. The van der Waals surface area contributed by atoms with E-state index in [0.29, 0.717) is 17.5 Å². The van der Waals surface area contributed by atoms with Gasteiger partial charge in [0.1, 0.15) is 22.8 Å². The number of aromatic hydroxyl groups is 1. The predicted molar refractivity (Wildman–Crippen MR) is 130 cm³/mol. The number of nitrogens with two attached hydrogens (primary N) is 1. The minimum atomic E-state index is -2.64. The lowest BCUT2D eigenvalue weighted by Crippen LogP contribution is -2.63. The zero-order valence-electron chi connectivity index (χ0n) is 20.5. The van der Waals surface area contributed by atoms with Gasteiger partial charge in [-0.05, 0) is 57.0 Å². The Morgan fingerprint density at radius 3 is 2.53 bits per heavy atom. The van der Waals surface area contributed by atoms with Gasteiger partial charge in [-0.1, -0.05) is 25.2 Å². The van der Waals surface area contributed by atoms with Crippen LogP contribution in [0.4, 0.5) is 0 Å². The molecule has 0 fully saturated rings. The van der Waals surface area contributed by atoms with E-state index in [2.05, 4.69) is 18.8 Å². The number of unbranched alkanes of at least 4 members (excludes halogenated alkanes) is 2. The third-order valence-corrected chi connectivity index (χ3v) is 7.48. The highest BCUT2D eigenvalue weighted by molar-refractivity contribution is 6.24. The van der Waals surface area contributed by atoms with Gasteiger partial charge >= 0.3 is 0 Å². The zero-order valence-corrected chi connectivity index (χ0v) is 20.5. The van der Waals surface area contributed by atoms with Crippen LogP contribution in [0.3, 0.4) is 0 Å². The second kappa shape index (κ2) is 9.12. The van der Waals surface area contributed by atoms with Crippen LogP contribution in [0.5, 0.6) is 5.75 Å². The average molecular weight is 495 g/mol. The molecule has 0 radical (unpaired) electrons. The standard InChI is InChI=1S/C27H30N2O7/c1-4-5-6-7-8-13-9-10-17(30)19-15(13)11-14-12-16-21(29(2)3)23(32)20(26(28)35)25(34)27(16,36)24(33)18(14)22(19)31/h9-10,14,16,21,30,32-33,36H,4-6,11-12H2,1-3H3,(H2,28,35)/t14-,16+,21-,27+/m0/s1. The van der Waals surface area contributed by atoms with Gasteiger partial charge in [-0.25, -0.2) is 0 Å². The molecule has 0 aliphatic heterocycles. The van der Waals surface area contributed by atoms with Crippen molar-refractivity contribution in [1.29, 1.82) is 0 Å². The number of ketones is 2. The molecular weight excluding hydrogens is 464 g/mol. The van der Waals surface area contributed by atoms with Crippen molar-refractivity contribution in [1.82, 2.24) is 4.90 Å². The first-order valence-electron chi connectivity index (χ1n) is 11.9. The molecule has 0 heterocycles. The summed E-state index contributed by atoms with van der Waals surface area (Å²) in [6.45, 7) is 2.06. The second-order valence-corrected chi connectivity index (χ2v) is 9.85. The van der Waals surface area contributed by atoms with E-state index in [1.807, 2.05) is 0 Å². The van der Waals surface area contributed by atoms with E-state index in [9.17, 15) is 34.8 Å². The maximum Gasteiger partial charge on any atom is 0.255 e. The van der Waals surface area contributed by atoms with Crippen molar-refractivity contribution in [3.63, 3.8) is 0 Å². The summed E-state index contributed by atoms with van der Waals surface area (Å²) in [5, 5.41) is 44.2. The Morgan fingerprint density at radius 1 is 1.22 bits per heavy atom. The number of rotatable bonds is 4. The lowest BCUT2D eigenvalue weighted by atomic mass is 9.58. The molecular formula is C27H30N2O7. The summed E-state index contributed by atoms with van der Waals surface area (Å²) >= 11 is 0. The van der Waals surface area contributed by atoms with Crippen molar-refractivity contribution in [3.05, 3.63) is 51.5 Å². The highest BCUT2D eigenvalue weighted by Gasteiger charge is 2.63. The summed E-state index contributed by atoms with van der Waals surface area (Å²) in [5.41, 5.74) is 2.79. The Morgan fingerprint density at radius 2 is 1.92 bits per heavy atom. The third kappa shape index (κ3) is 3.60. The van der Waals surface area contributed by atoms with Crippen LogP contribution >= 0.6 is 0 Å². The fraction of sp³-hybridized carbons (Fsp3) is 0.444. The molecule has 4 atom stereocenters. The van der Waals surface area contributed by atoms with Crippen LogP contribution in [0.25, 0.3) is 0 Å². The summed E-state index contributed by atoms with van der Waals surface area (Å²) < 4.78 is 0. The van der Waals surface area contributed by atoms with Crippen LogP contribution in [-0.4, -0.2) is 68.5 Å². The highest BCUT2D eigenvalue weighted by Crippen LogP contribution is 2.52. The van der Waals surface area contributed by atoms with E-state index in [-0.39, 0.29) is 29.7 Å². The number of Topliss-reactive ketones (excluding diaryl/α,β-unsaturated/α-hetero) is 2. The van der Waals surface area contributed by atoms with Gasteiger partial charge in [0.25, 0.3) is 5.91 Å². The van der Waals surface area contributed by atoms with Crippen molar-refractivity contribution < 1.29 is 34.8 Å². The van der Waals surface area contributed by atoms with Gasteiger partial charge < -0.3 is 26.2 Å². The topological polar surface area (TPSA) is 161 Å². The minimum Gasteiger partial charge on any atom is -0.510 e. The Hall–Kier alpha value is -3.61. The van der Waals surface area contributed by atoms with E-state index < -0.39 is 58.0 Å². The van der Waals surface area contributed by atoms with E-state index >= 15 is 0 Å². The fourth-order valence-electron chi connectivity index (χ4n) is 5.79. The van der Waals surface area contributed by atoms with Crippen molar-refractivity contribution in [3.8, 4) is 17.6 Å². The molecule has 9 heteroatoms. The molecule has 1 amide bonds. The summed E-state index contributed by atoms with van der Waals surface area (Å²) in [6, 6.07) is 1.99. The first-order valence-corrected chi connectivity index (χ1v) is 11.9. The van der Waals surface area contributed by atoms with E-state index in [1.54, 1.807) is 20.2 Å². The van der Waals surface area contributed by atoms with E-state index in [1.165, 1.54) is 11.0 Å². The Labute approximate surface area is 208 Å². The van der Waals surface area contributed by atoms with E-state index in [4.69, 9.17) is 5.73 Å². The number of primary amides is 1. The smallest absolute Gasteiger partial charge is 0.255 e. The molecule has 36 heavy (non-hydrogen) atoms. The molecule has 3 aliphatic carbocycles. The molecule has 0 saturated carbocycles. The first kappa shape index (κ1) is 25.5. The van der Waals surface area contributed by atoms with Gasteiger partial charge in [0.05, 0.1) is 11.6 Å². The Bertz CT molecular complexity index is 1300. The maximum atomic E-state index is 13.6. The number of carbonyl (C=O) groups is 3. The van der Waals surface area contributed by atoms with Crippen LogP contribution in [0.15, 0.2) is 34.8 Å². The van der Waals surface area contributed by atoms with Gasteiger partial charge in [0.2, 0.25) is 5.78 Å². The summed E-state index contributed by atoms with van der Waals surface area (Å²) in [6.07, 6.45) is 2.88. The number of phenolic OH excluding ortho intramolecular Hbond substituents is 1. The van der Waals surface area contributed by atoms with Gasteiger partial charge in [0, 0.05) is 23.5 Å². The number of allylic oxidation sites excluding steroid dienone is 1. The van der Waals surface area contributed by atoms with Crippen molar-refractivity contribution in [2.45, 2.75) is 50.7 Å². The number of fused-ring (bicyclic) bond motifs is 3. The van der Waals surface area contributed by atoms with Gasteiger partial charge in [-0.15, -0.1) is 0 Å². The summed E-state index contributed by atoms with van der Waals surface area (Å²) in [4.78, 5) is 40.4. The van der Waals surface area contributed by atoms with Crippen molar-refractivity contribution in [2.75, 3.05) is 14.1 Å². The molecule has 0 spiro atoms. The predicted octanol–water partition coefficient (Wildman–Crippen LogP) is 1.66. The lowest BCUT2D eigenvalue weighted by Gasteiger charge is -2.50. The number of carbonyl (C=O) groups excluding carboxylic acids is 3. The van der Waals surface area contributed by atoms with Gasteiger partial charge in [-0.2, -0.15) is 0 Å². The molecule has 3 aliphatic rings. The number of likely N-dealkylation sites (N-methyl/N-ethyl adjacent to an activating group) is 1. The Balaban J connectivity index is 1.90. The van der Waals surface area contributed by atoms with Gasteiger partial charge in [-0.3, -0.25) is 19.3 Å². The number of aliphatic hydroxyl groups is 3. The fourth-order valence-corrected chi connectivity index (χ4v) is 5.79. The third-order valence-electron chi connectivity index (χ3n) is 7.48. The average Bonchev–Trinajstić information content (AvgIpc) is 2.80. The van der Waals surface area contributed by atoms with Crippen molar-refractivity contribution >= 4 is 17.5 Å². The number of aliphatic hydroxyl groups excluding tert-OH is 2. The molecule has 6 N–H and O–H groups in total. The molecule has 0 saturated heterocycles. The molecule has 0 unspecified atom stereocenters. The number of benzene rings is 1. The largest absolute Gasteiger partial charge is 0.510 e. The van der Waals surface area contributed by atoms with Crippen LogP contribution in [0.1, 0.15) is 54.1 Å². The molecule has 0 bridgehead atoms. The number of hydrogen-bond donors (Lipinski definition) is 5. The van der Waals surface area contributed by atoms with E-state index in [0.717, 1.165) is 12.8 Å². The Kier molecular flexibility index (Phi) is 6.45. The monoisotopic (exact) mass is 494 g/mol.